The minimum atomic E-state index is 1.16. The number of nitrogens with zero attached hydrogens (tertiary/aromatic N) is 7. The second kappa shape index (κ2) is 27.8. The normalized spacial score (nSPS) is 11.9. The zero-order chi connectivity index (χ0) is 80.0. The van der Waals surface area contributed by atoms with E-state index in [1.54, 1.807) is 0 Å². The predicted octanol–water partition coefficient (Wildman–Crippen LogP) is 30.8. The molecule has 0 aliphatic rings. The lowest BCUT2D eigenvalue weighted by Crippen LogP contribution is -1.96. The highest BCUT2D eigenvalue weighted by Crippen LogP contribution is 2.47. The van der Waals surface area contributed by atoms with E-state index in [0.717, 1.165) is 11.4 Å². The van der Waals surface area contributed by atoms with E-state index >= 15 is 0 Å². The maximum Gasteiger partial charge on any atom is 0.0562 e. The van der Waals surface area contributed by atoms with Crippen LogP contribution < -0.4 is 0 Å². The summed E-state index contributed by atoms with van der Waals surface area (Å²) in [4.78, 5) is 0. The molecule has 0 radical (unpaired) electrons. The van der Waals surface area contributed by atoms with Crippen molar-refractivity contribution in [2.24, 2.45) is 0 Å². The summed E-state index contributed by atoms with van der Waals surface area (Å²) in [5.74, 6) is 0. The lowest BCUT2D eigenvalue weighted by Gasteiger charge is -2.11. The van der Waals surface area contributed by atoms with Crippen molar-refractivity contribution in [2.75, 3.05) is 0 Å². The second-order valence-corrected chi connectivity index (χ2v) is 32.9. The molecule has 0 amide bonds. The monoisotopic (exact) mass is 1570 g/mol. The van der Waals surface area contributed by atoms with Crippen LogP contribution in [0.3, 0.4) is 0 Å². The van der Waals surface area contributed by atoms with E-state index in [-0.39, 0.29) is 0 Å². The van der Waals surface area contributed by atoms with Gasteiger partial charge in [-0.25, -0.2) is 0 Å². The van der Waals surface area contributed by atoms with Crippen molar-refractivity contribution in [1.29, 1.82) is 0 Å². The van der Waals surface area contributed by atoms with Crippen molar-refractivity contribution < 1.29 is 0 Å². The average molecular weight is 1570 g/mol. The molecule has 27 rings (SSSR count). The molecular weight excluding hydrogens is 1500 g/mol. The van der Waals surface area contributed by atoms with E-state index in [4.69, 9.17) is 0 Å². The molecule has 19 aromatic carbocycles. The van der Waals surface area contributed by atoms with Gasteiger partial charge in [0.05, 0.1) is 77.2 Å². The highest BCUT2D eigenvalue weighted by Gasteiger charge is 2.24. The summed E-state index contributed by atoms with van der Waals surface area (Å²) in [7, 11) is 0. The van der Waals surface area contributed by atoms with Gasteiger partial charge in [-0.3, -0.25) is 0 Å². The van der Waals surface area contributed by atoms with E-state index in [2.05, 4.69) is 475 Å². The van der Waals surface area contributed by atoms with Crippen molar-refractivity contribution >= 4 is 184 Å². The van der Waals surface area contributed by atoms with Crippen LogP contribution in [0, 0.1) is 0 Å². The molecule has 0 spiro atoms. The van der Waals surface area contributed by atoms with Gasteiger partial charge in [-0.15, -0.1) is 11.3 Å². The highest BCUT2D eigenvalue weighted by molar-refractivity contribution is 7.25. The van der Waals surface area contributed by atoms with Gasteiger partial charge in [0.25, 0.3) is 0 Å². The summed E-state index contributed by atoms with van der Waals surface area (Å²) in [5, 5.41) is 20.5. The maximum atomic E-state index is 2.45. The van der Waals surface area contributed by atoms with Crippen LogP contribution in [0.25, 0.3) is 224 Å². The van der Waals surface area contributed by atoms with Crippen molar-refractivity contribution in [1.82, 2.24) is 32.0 Å². The van der Waals surface area contributed by atoms with Crippen LogP contribution in [0.1, 0.15) is 0 Å². The SMILES string of the molecule is c1ccc(-c2ccc(-n3c4ccccc4c4cc5c6ccccc6n(-c6ccccc6)c5cc43)cc2)cc1.c1ccc(-n2c3ccccc3c3cc(-n4c5ccccc5c5cc6c(cc54)sc4ccccc46)ccc32)cc1.c1ccc(-n2c3ccccc3c3cc(-n4c5ccccc5c5cc6c7ccccc7n(-c7ccccc7)c6cc54)ccc32)cc1. The standard InChI is InChI=1S/C42H27N3.C36H22N2S.C36H24N2/c1-3-13-28(14-4-1)43-37-20-10-7-17-31(37)34-25-30(23-24-40(34)43)45-39-22-12-9-19-33(39)36-26-35-32-18-8-11-21-38(32)44(41(35)27-42(36)45)29-15-5-2-6-16-29;1-2-10-23(11-3-1)37-31-15-7-4-12-25(31)28-20-24(18-19-33(28)37)38-32-16-8-5-13-26(32)29-21-30-27-14-6-9-17-35(27)39-36(30)22-34(29)38;1-3-11-25(12-4-1)26-19-21-28(22-20-26)38-34-18-10-8-16-30(34)32-23-31-29-15-7-9-17-33(29)37(35(31)24-36(32)38)27-13-5-2-6-14-27/h1-27H;1-22H;1-24H. The summed E-state index contributed by atoms with van der Waals surface area (Å²) < 4.78 is 19.5. The van der Waals surface area contributed by atoms with Gasteiger partial charge in [-0.1, -0.05) is 261 Å². The Hall–Kier alpha value is -16.0. The molecule has 0 aliphatic carbocycles. The van der Waals surface area contributed by atoms with Gasteiger partial charge in [0, 0.05) is 135 Å². The van der Waals surface area contributed by atoms with E-state index in [1.807, 2.05) is 11.3 Å². The lowest BCUT2D eigenvalue weighted by atomic mass is 10.1. The molecule has 0 fully saturated rings. The van der Waals surface area contributed by atoms with E-state index in [9.17, 15) is 0 Å². The molecular formula is C114H73N7S. The number of fused-ring (bicyclic) bond motifs is 24. The van der Waals surface area contributed by atoms with Crippen LogP contribution in [-0.2, 0) is 0 Å². The van der Waals surface area contributed by atoms with Crippen LogP contribution in [0.15, 0.2) is 443 Å². The number of aromatic nitrogens is 7. The number of benzene rings is 19. The molecule has 8 heterocycles. The van der Waals surface area contributed by atoms with Gasteiger partial charge in [-0.05, 0) is 193 Å². The summed E-state index contributed by atoms with van der Waals surface area (Å²) in [5.41, 5.74) is 27.7. The molecule has 0 bridgehead atoms. The van der Waals surface area contributed by atoms with Gasteiger partial charge in [0.1, 0.15) is 0 Å². The Morgan fingerprint density at radius 1 is 0.115 bits per heavy atom. The first-order chi connectivity index (χ1) is 60.6. The summed E-state index contributed by atoms with van der Waals surface area (Å²) in [6.07, 6.45) is 0. The first-order valence-electron chi connectivity index (χ1n) is 41.8. The average Bonchev–Trinajstić information content (AvgIpc) is 1.57. The Morgan fingerprint density at radius 2 is 0.336 bits per heavy atom. The highest BCUT2D eigenvalue weighted by atomic mass is 32.1. The number of hydrogen-bond donors (Lipinski definition) is 0. The smallest absolute Gasteiger partial charge is 0.0562 e. The molecule has 0 saturated carbocycles. The summed E-state index contributed by atoms with van der Waals surface area (Å²) in [6.45, 7) is 0. The number of thiophene rings is 1. The first-order valence-corrected chi connectivity index (χ1v) is 42.6. The lowest BCUT2D eigenvalue weighted by molar-refractivity contribution is 1.16. The number of hydrogen-bond acceptors (Lipinski definition) is 1. The fourth-order valence-corrected chi connectivity index (χ4v) is 21.1. The van der Waals surface area contributed by atoms with Crippen molar-refractivity contribution in [3.63, 3.8) is 0 Å². The second-order valence-electron chi connectivity index (χ2n) is 31.9. The Kier molecular flexibility index (Phi) is 15.8. The molecule has 27 aromatic rings. The molecule has 8 aromatic heterocycles. The molecule has 122 heavy (non-hydrogen) atoms. The minimum Gasteiger partial charge on any atom is -0.309 e. The van der Waals surface area contributed by atoms with Gasteiger partial charge in [0.2, 0.25) is 0 Å². The number of rotatable bonds is 8. The summed E-state index contributed by atoms with van der Waals surface area (Å²) >= 11 is 1.88. The molecule has 8 heteroatoms. The van der Waals surface area contributed by atoms with Gasteiger partial charge in [0.15, 0.2) is 0 Å². The predicted molar refractivity (Wildman–Crippen MR) is 518 cm³/mol. The third kappa shape index (κ3) is 10.8. The Morgan fingerprint density at radius 3 is 0.672 bits per heavy atom. The zero-order valence-corrected chi connectivity index (χ0v) is 67.0. The van der Waals surface area contributed by atoms with Gasteiger partial charge >= 0.3 is 0 Å². The van der Waals surface area contributed by atoms with Crippen LogP contribution in [0.2, 0.25) is 0 Å². The van der Waals surface area contributed by atoms with Crippen LogP contribution in [-0.4, -0.2) is 32.0 Å². The largest absolute Gasteiger partial charge is 0.309 e. The van der Waals surface area contributed by atoms with Crippen molar-refractivity contribution in [3.05, 3.63) is 443 Å². The Balaban J connectivity index is 0.000000101. The minimum absolute atomic E-state index is 1.16. The molecule has 0 N–H and O–H groups in total. The third-order valence-corrected chi connectivity index (χ3v) is 26.4. The Labute approximate surface area is 704 Å². The fourth-order valence-electron chi connectivity index (χ4n) is 19.9. The summed E-state index contributed by atoms with van der Waals surface area (Å²) in [6, 6.07) is 161. The van der Waals surface area contributed by atoms with E-state index < -0.39 is 0 Å². The molecule has 0 aliphatic heterocycles. The maximum absolute atomic E-state index is 2.45. The third-order valence-electron chi connectivity index (χ3n) is 25.2. The molecule has 570 valence electrons. The Bertz CT molecular complexity index is 8860. The van der Waals surface area contributed by atoms with Crippen LogP contribution >= 0.6 is 11.3 Å². The zero-order valence-electron chi connectivity index (χ0n) is 66.2. The van der Waals surface area contributed by atoms with Gasteiger partial charge < -0.3 is 32.0 Å². The molecule has 7 nitrogen and oxygen atoms in total. The molecule has 0 atom stereocenters. The van der Waals surface area contributed by atoms with Crippen molar-refractivity contribution in [3.8, 4) is 50.9 Å². The number of para-hydroxylation sites is 11. The molecule has 0 saturated heterocycles. The van der Waals surface area contributed by atoms with Crippen molar-refractivity contribution in [2.45, 2.75) is 0 Å². The fraction of sp³-hybridized carbons (Fsp3) is 0. The molecule has 0 unspecified atom stereocenters. The van der Waals surface area contributed by atoms with E-state index in [0.29, 0.717) is 0 Å². The van der Waals surface area contributed by atoms with Crippen LogP contribution in [0.5, 0.6) is 0 Å². The quantitative estimate of drug-likeness (QED) is 0.145. The topological polar surface area (TPSA) is 34.5 Å². The van der Waals surface area contributed by atoms with Gasteiger partial charge in [-0.2, -0.15) is 0 Å². The van der Waals surface area contributed by atoms with Crippen LogP contribution in [0.4, 0.5) is 0 Å². The van der Waals surface area contributed by atoms with E-state index in [1.165, 1.54) is 212 Å². The first kappa shape index (κ1) is 69.2.